The summed E-state index contributed by atoms with van der Waals surface area (Å²) in [4.78, 5) is 0. The van der Waals surface area contributed by atoms with Crippen LogP contribution in [0.15, 0.2) is 42.5 Å². The van der Waals surface area contributed by atoms with Crippen molar-refractivity contribution in [2.45, 2.75) is 12.8 Å². The minimum Gasteiger partial charge on any atom is -0.504 e. The second-order valence-corrected chi connectivity index (χ2v) is 4.57. The van der Waals surface area contributed by atoms with Crippen molar-refractivity contribution in [3.63, 3.8) is 0 Å². The van der Waals surface area contributed by atoms with Crippen LogP contribution < -0.4 is 4.74 Å². The van der Waals surface area contributed by atoms with Crippen LogP contribution in [-0.2, 0) is 12.8 Å². The Kier molecular flexibility index (Phi) is 4.11. The summed E-state index contributed by atoms with van der Waals surface area (Å²) in [6.07, 6.45) is 1.79. The molecule has 0 amide bonds. The van der Waals surface area contributed by atoms with Crippen LogP contribution in [0.5, 0.6) is 11.5 Å². The topological polar surface area (TPSA) is 29.5 Å². The fraction of sp³-hybridized carbons (Fsp3) is 0.200. The highest BCUT2D eigenvalue weighted by Crippen LogP contribution is 2.26. The van der Waals surface area contributed by atoms with Crippen LogP contribution in [0.3, 0.4) is 0 Å². The summed E-state index contributed by atoms with van der Waals surface area (Å²) in [5.74, 6) is 0.691. The molecule has 0 atom stereocenters. The summed E-state index contributed by atoms with van der Waals surface area (Å²) < 4.78 is 5.01. The number of ether oxygens (including phenoxy) is 1. The quantitative estimate of drug-likeness (QED) is 0.907. The fourth-order valence-corrected chi connectivity index (χ4v) is 1.96. The predicted molar refractivity (Wildman–Crippen MR) is 73.5 cm³/mol. The number of phenolic OH excluding ortho intramolecular Hbond substituents is 1. The summed E-state index contributed by atoms with van der Waals surface area (Å²) in [6, 6.07) is 13.3. The van der Waals surface area contributed by atoms with Crippen molar-refractivity contribution in [2.75, 3.05) is 7.11 Å². The number of halogens is 1. The molecule has 2 nitrogen and oxygen atoms in total. The van der Waals surface area contributed by atoms with Gasteiger partial charge in [-0.3, -0.25) is 0 Å². The first-order valence-corrected chi connectivity index (χ1v) is 6.17. The Labute approximate surface area is 112 Å². The number of phenols is 1. The fourth-order valence-electron chi connectivity index (χ4n) is 1.83. The average molecular weight is 263 g/mol. The molecule has 1 N–H and O–H groups in total. The number of aromatic hydroxyl groups is 1. The van der Waals surface area contributed by atoms with Gasteiger partial charge in [0, 0.05) is 5.02 Å². The maximum absolute atomic E-state index is 9.68. The van der Waals surface area contributed by atoms with Crippen LogP contribution in [0.25, 0.3) is 0 Å². The van der Waals surface area contributed by atoms with Crippen molar-refractivity contribution < 1.29 is 9.84 Å². The number of benzene rings is 2. The van der Waals surface area contributed by atoms with Gasteiger partial charge in [0.25, 0.3) is 0 Å². The van der Waals surface area contributed by atoms with E-state index in [2.05, 4.69) is 0 Å². The highest BCUT2D eigenvalue weighted by atomic mass is 35.5. The second kappa shape index (κ2) is 5.78. The zero-order valence-electron chi connectivity index (χ0n) is 10.2. The Balaban J connectivity index is 2.02. The minimum atomic E-state index is 0.186. The predicted octanol–water partition coefficient (Wildman–Crippen LogP) is 3.84. The minimum absolute atomic E-state index is 0.186. The molecule has 2 aromatic rings. The third-order valence-electron chi connectivity index (χ3n) is 2.86. The monoisotopic (exact) mass is 262 g/mol. The van der Waals surface area contributed by atoms with Crippen molar-refractivity contribution in [3.8, 4) is 11.5 Å². The zero-order chi connectivity index (χ0) is 13.0. The molecule has 0 aliphatic rings. The Hall–Kier alpha value is -1.67. The van der Waals surface area contributed by atoms with Gasteiger partial charge in [-0.2, -0.15) is 0 Å². The van der Waals surface area contributed by atoms with E-state index in [-0.39, 0.29) is 5.75 Å². The standard InChI is InChI=1S/C15H15ClO2/c1-18-15-9-6-12(10-14(15)17)3-2-11-4-7-13(16)8-5-11/h4-10,17H,2-3H2,1H3. The summed E-state index contributed by atoms with van der Waals surface area (Å²) in [7, 11) is 1.54. The van der Waals surface area contributed by atoms with Crippen LogP contribution in [-0.4, -0.2) is 12.2 Å². The molecule has 0 heterocycles. The van der Waals surface area contributed by atoms with Gasteiger partial charge >= 0.3 is 0 Å². The molecule has 94 valence electrons. The normalized spacial score (nSPS) is 10.3. The maximum atomic E-state index is 9.68. The molecule has 0 fully saturated rings. The number of rotatable bonds is 4. The highest BCUT2D eigenvalue weighted by Gasteiger charge is 2.02. The van der Waals surface area contributed by atoms with Crippen molar-refractivity contribution in [1.82, 2.24) is 0 Å². The number of methoxy groups -OCH3 is 1. The van der Waals surface area contributed by atoms with E-state index in [9.17, 15) is 5.11 Å². The van der Waals surface area contributed by atoms with Crippen molar-refractivity contribution >= 4 is 11.6 Å². The Morgan fingerprint density at radius 2 is 1.61 bits per heavy atom. The van der Waals surface area contributed by atoms with Gasteiger partial charge in [-0.1, -0.05) is 29.8 Å². The molecular formula is C15H15ClO2. The Morgan fingerprint density at radius 1 is 1.00 bits per heavy atom. The smallest absolute Gasteiger partial charge is 0.160 e. The summed E-state index contributed by atoms with van der Waals surface area (Å²) in [5, 5.41) is 10.4. The van der Waals surface area contributed by atoms with E-state index in [1.807, 2.05) is 30.3 Å². The van der Waals surface area contributed by atoms with Crippen LogP contribution in [0.4, 0.5) is 0 Å². The molecule has 0 aromatic heterocycles. The lowest BCUT2D eigenvalue weighted by molar-refractivity contribution is 0.373. The molecule has 0 aliphatic carbocycles. The SMILES string of the molecule is COc1ccc(CCc2ccc(Cl)cc2)cc1O. The van der Waals surface area contributed by atoms with E-state index < -0.39 is 0 Å². The van der Waals surface area contributed by atoms with Gasteiger partial charge in [0.05, 0.1) is 7.11 Å². The lowest BCUT2D eigenvalue weighted by Crippen LogP contribution is -1.92. The van der Waals surface area contributed by atoms with Gasteiger partial charge in [-0.25, -0.2) is 0 Å². The largest absolute Gasteiger partial charge is 0.504 e. The van der Waals surface area contributed by atoms with Gasteiger partial charge < -0.3 is 9.84 Å². The van der Waals surface area contributed by atoms with E-state index in [0.29, 0.717) is 5.75 Å². The average Bonchev–Trinajstić information content (AvgIpc) is 2.38. The molecule has 18 heavy (non-hydrogen) atoms. The molecule has 0 saturated heterocycles. The molecule has 0 saturated carbocycles. The first-order chi connectivity index (χ1) is 8.69. The van der Waals surface area contributed by atoms with E-state index in [1.54, 1.807) is 19.2 Å². The Morgan fingerprint density at radius 3 is 2.22 bits per heavy atom. The van der Waals surface area contributed by atoms with E-state index in [4.69, 9.17) is 16.3 Å². The molecular weight excluding hydrogens is 248 g/mol. The molecule has 0 aliphatic heterocycles. The van der Waals surface area contributed by atoms with Gasteiger partial charge in [-0.05, 0) is 48.2 Å². The van der Waals surface area contributed by atoms with E-state index in [0.717, 1.165) is 23.4 Å². The molecule has 0 unspecified atom stereocenters. The van der Waals surface area contributed by atoms with Crippen LogP contribution >= 0.6 is 11.6 Å². The van der Waals surface area contributed by atoms with Crippen LogP contribution in [0, 0.1) is 0 Å². The van der Waals surface area contributed by atoms with Crippen molar-refractivity contribution in [3.05, 3.63) is 58.6 Å². The maximum Gasteiger partial charge on any atom is 0.160 e. The molecule has 0 bridgehead atoms. The zero-order valence-corrected chi connectivity index (χ0v) is 10.9. The van der Waals surface area contributed by atoms with E-state index >= 15 is 0 Å². The van der Waals surface area contributed by atoms with Gasteiger partial charge in [0.15, 0.2) is 11.5 Å². The molecule has 0 radical (unpaired) electrons. The number of hydrogen-bond acceptors (Lipinski definition) is 2. The van der Waals surface area contributed by atoms with Crippen molar-refractivity contribution in [2.24, 2.45) is 0 Å². The van der Waals surface area contributed by atoms with E-state index in [1.165, 1.54) is 5.56 Å². The summed E-state index contributed by atoms with van der Waals surface area (Å²) in [6.45, 7) is 0. The van der Waals surface area contributed by atoms with Gasteiger partial charge in [0.1, 0.15) is 0 Å². The lowest BCUT2D eigenvalue weighted by Gasteiger charge is -2.06. The van der Waals surface area contributed by atoms with Gasteiger partial charge in [-0.15, -0.1) is 0 Å². The first-order valence-electron chi connectivity index (χ1n) is 5.79. The summed E-state index contributed by atoms with van der Waals surface area (Å²) >= 11 is 5.84. The summed E-state index contributed by atoms with van der Waals surface area (Å²) in [5.41, 5.74) is 2.32. The highest BCUT2D eigenvalue weighted by molar-refractivity contribution is 6.30. The third kappa shape index (κ3) is 3.17. The number of aryl methyl sites for hydroxylation is 2. The molecule has 2 aromatic carbocycles. The molecule has 3 heteroatoms. The third-order valence-corrected chi connectivity index (χ3v) is 3.11. The van der Waals surface area contributed by atoms with Gasteiger partial charge in [0.2, 0.25) is 0 Å². The van der Waals surface area contributed by atoms with Crippen molar-refractivity contribution in [1.29, 1.82) is 0 Å². The lowest BCUT2D eigenvalue weighted by atomic mass is 10.0. The van der Waals surface area contributed by atoms with Crippen LogP contribution in [0.2, 0.25) is 5.02 Å². The molecule has 0 spiro atoms. The second-order valence-electron chi connectivity index (χ2n) is 4.13. The molecule has 2 rings (SSSR count). The Bertz CT molecular complexity index is 521. The van der Waals surface area contributed by atoms with Crippen LogP contribution in [0.1, 0.15) is 11.1 Å². The first kappa shape index (κ1) is 12.8. The number of hydrogen-bond donors (Lipinski definition) is 1.